The summed E-state index contributed by atoms with van der Waals surface area (Å²) in [6, 6.07) is 6.09. The number of nitrogen functional groups attached to an aromatic ring is 1. The average molecular weight is 291 g/mol. The van der Waals surface area contributed by atoms with Gasteiger partial charge in [0.25, 0.3) is 5.91 Å². The van der Waals surface area contributed by atoms with Crippen molar-refractivity contribution >= 4 is 28.9 Å². The van der Waals surface area contributed by atoms with Crippen molar-refractivity contribution in [2.45, 2.75) is 12.5 Å². The van der Waals surface area contributed by atoms with Crippen molar-refractivity contribution in [3.63, 3.8) is 0 Å². The van der Waals surface area contributed by atoms with Gasteiger partial charge >= 0.3 is 5.97 Å². The number of pyridine rings is 1. The summed E-state index contributed by atoms with van der Waals surface area (Å²) < 4.78 is 0. The predicted molar refractivity (Wildman–Crippen MR) is 75.4 cm³/mol. The van der Waals surface area contributed by atoms with E-state index in [9.17, 15) is 9.59 Å². The number of nitrogens with two attached hydrogens (primary N) is 1. The summed E-state index contributed by atoms with van der Waals surface area (Å²) >= 11 is 1.39. The van der Waals surface area contributed by atoms with Crippen LogP contribution in [-0.2, 0) is 4.79 Å². The Labute approximate surface area is 119 Å². The molecular formula is C13H13N3O3S. The Morgan fingerprint density at radius 3 is 2.75 bits per heavy atom. The number of aromatic nitrogens is 1. The lowest BCUT2D eigenvalue weighted by Gasteiger charge is -2.15. The van der Waals surface area contributed by atoms with E-state index < -0.39 is 17.9 Å². The van der Waals surface area contributed by atoms with Gasteiger partial charge in [0.15, 0.2) is 0 Å². The third-order valence-corrected chi connectivity index (χ3v) is 3.58. The van der Waals surface area contributed by atoms with E-state index in [0.29, 0.717) is 5.69 Å². The fourth-order valence-electron chi connectivity index (χ4n) is 1.66. The molecule has 1 atom stereocenters. The summed E-state index contributed by atoms with van der Waals surface area (Å²) in [5, 5.41) is 13.4. The molecule has 20 heavy (non-hydrogen) atoms. The average Bonchev–Trinajstić information content (AvgIpc) is 2.92. The van der Waals surface area contributed by atoms with Crippen molar-refractivity contribution in [2.75, 3.05) is 5.73 Å². The van der Waals surface area contributed by atoms with Gasteiger partial charge in [0.2, 0.25) is 0 Å². The van der Waals surface area contributed by atoms with E-state index in [2.05, 4.69) is 10.3 Å². The molecular weight excluding hydrogens is 278 g/mol. The number of nitrogens with one attached hydrogen (secondary N) is 1. The van der Waals surface area contributed by atoms with Crippen LogP contribution < -0.4 is 11.1 Å². The van der Waals surface area contributed by atoms with Crippen LogP contribution in [0.15, 0.2) is 35.8 Å². The molecule has 0 aliphatic heterocycles. The first-order valence-corrected chi connectivity index (χ1v) is 6.72. The van der Waals surface area contributed by atoms with E-state index in [1.165, 1.54) is 23.6 Å². The number of anilines is 1. The summed E-state index contributed by atoms with van der Waals surface area (Å²) in [6.45, 7) is 0. The Kier molecular flexibility index (Phi) is 4.31. The van der Waals surface area contributed by atoms with Crippen LogP contribution in [0, 0.1) is 0 Å². The lowest BCUT2D eigenvalue weighted by molar-refractivity contribution is -0.137. The number of thiophene rings is 1. The number of carboxylic acids is 1. The van der Waals surface area contributed by atoms with E-state index >= 15 is 0 Å². The molecule has 0 bridgehead atoms. The van der Waals surface area contributed by atoms with Gasteiger partial charge in [0.1, 0.15) is 5.69 Å². The highest BCUT2D eigenvalue weighted by molar-refractivity contribution is 7.10. The summed E-state index contributed by atoms with van der Waals surface area (Å²) in [6.07, 6.45) is 1.20. The van der Waals surface area contributed by atoms with Crippen LogP contribution in [0.1, 0.15) is 27.8 Å². The SMILES string of the molecule is Nc1ccc(C(=O)NC(CC(=O)O)c2cccs2)nc1. The zero-order valence-electron chi connectivity index (χ0n) is 10.4. The van der Waals surface area contributed by atoms with Crippen molar-refractivity contribution in [3.8, 4) is 0 Å². The minimum Gasteiger partial charge on any atom is -0.481 e. The van der Waals surface area contributed by atoms with Crippen LogP contribution in [0.4, 0.5) is 5.69 Å². The fraction of sp³-hybridized carbons (Fsp3) is 0.154. The van der Waals surface area contributed by atoms with Crippen LogP contribution in [0.25, 0.3) is 0 Å². The molecule has 7 heteroatoms. The molecule has 2 rings (SSSR count). The zero-order valence-corrected chi connectivity index (χ0v) is 11.3. The van der Waals surface area contributed by atoms with Gasteiger partial charge in [-0.3, -0.25) is 9.59 Å². The van der Waals surface area contributed by atoms with Gasteiger partial charge < -0.3 is 16.2 Å². The normalized spacial score (nSPS) is 11.8. The van der Waals surface area contributed by atoms with Crippen molar-refractivity contribution in [1.82, 2.24) is 10.3 Å². The monoisotopic (exact) mass is 291 g/mol. The molecule has 0 aliphatic rings. The number of hydrogen-bond acceptors (Lipinski definition) is 5. The molecule has 0 spiro atoms. The van der Waals surface area contributed by atoms with Crippen LogP contribution in [0.3, 0.4) is 0 Å². The number of aliphatic carboxylic acids is 1. The number of carboxylic acid groups (broad SMARTS) is 1. The molecule has 0 fully saturated rings. The number of hydrogen-bond donors (Lipinski definition) is 3. The zero-order chi connectivity index (χ0) is 14.5. The maximum absolute atomic E-state index is 12.0. The van der Waals surface area contributed by atoms with Crippen LogP contribution >= 0.6 is 11.3 Å². The fourth-order valence-corrected chi connectivity index (χ4v) is 2.44. The molecule has 0 saturated carbocycles. The summed E-state index contributed by atoms with van der Waals surface area (Å²) in [7, 11) is 0. The van der Waals surface area contributed by atoms with Crippen LogP contribution in [0.2, 0.25) is 0 Å². The predicted octanol–water partition coefficient (Wildman–Crippen LogP) is 1.67. The van der Waals surface area contributed by atoms with Crippen molar-refractivity contribution in [2.24, 2.45) is 0 Å². The molecule has 0 aliphatic carbocycles. The summed E-state index contributed by atoms with van der Waals surface area (Å²) in [5.74, 6) is -1.40. The van der Waals surface area contributed by atoms with E-state index in [0.717, 1.165) is 4.88 Å². The molecule has 0 saturated heterocycles. The molecule has 0 aromatic carbocycles. The van der Waals surface area contributed by atoms with Gasteiger partial charge in [-0.25, -0.2) is 4.98 Å². The van der Waals surface area contributed by atoms with E-state index in [1.54, 1.807) is 12.1 Å². The first-order chi connectivity index (χ1) is 9.56. The third kappa shape index (κ3) is 3.55. The maximum atomic E-state index is 12.0. The smallest absolute Gasteiger partial charge is 0.305 e. The second kappa shape index (κ2) is 6.16. The van der Waals surface area contributed by atoms with Gasteiger partial charge in [-0.2, -0.15) is 0 Å². The number of carbonyl (C=O) groups excluding carboxylic acids is 1. The number of nitrogens with zero attached hydrogens (tertiary/aromatic N) is 1. The number of carbonyl (C=O) groups is 2. The lowest BCUT2D eigenvalue weighted by atomic mass is 10.1. The first kappa shape index (κ1) is 14.0. The highest BCUT2D eigenvalue weighted by atomic mass is 32.1. The minimum absolute atomic E-state index is 0.179. The molecule has 4 N–H and O–H groups in total. The van der Waals surface area contributed by atoms with E-state index in [-0.39, 0.29) is 12.1 Å². The topological polar surface area (TPSA) is 105 Å². The van der Waals surface area contributed by atoms with Gasteiger partial charge in [0, 0.05) is 4.88 Å². The van der Waals surface area contributed by atoms with Gasteiger partial charge in [-0.15, -0.1) is 11.3 Å². The van der Waals surface area contributed by atoms with Crippen LogP contribution in [-0.4, -0.2) is 22.0 Å². The van der Waals surface area contributed by atoms with Crippen molar-refractivity contribution in [3.05, 3.63) is 46.4 Å². The van der Waals surface area contributed by atoms with E-state index in [1.807, 2.05) is 11.4 Å². The molecule has 0 radical (unpaired) electrons. The second-order valence-corrected chi connectivity index (χ2v) is 5.10. The Morgan fingerprint density at radius 1 is 1.40 bits per heavy atom. The lowest BCUT2D eigenvalue weighted by Crippen LogP contribution is -2.30. The quantitative estimate of drug-likeness (QED) is 0.777. The first-order valence-electron chi connectivity index (χ1n) is 5.84. The Balaban J connectivity index is 2.13. The number of rotatable bonds is 5. The molecule has 2 aromatic heterocycles. The molecule has 1 unspecified atom stereocenters. The third-order valence-electron chi connectivity index (χ3n) is 2.59. The number of amides is 1. The highest BCUT2D eigenvalue weighted by Gasteiger charge is 2.20. The summed E-state index contributed by atoms with van der Waals surface area (Å²) in [4.78, 5) is 27.6. The standard InChI is InChI=1S/C13H13N3O3S/c14-8-3-4-9(15-7-8)13(19)16-10(6-12(17)18)11-2-1-5-20-11/h1-5,7,10H,6,14H2,(H,16,19)(H,17,18). The maximum Gasteiger partial charge on any atom is 0.305 e. The van der Waals surface area contributed by atoms with Gasteiger partial charge in [-0.05, 0) is 23.6 Å². The van der Waals surface area contributed by atoms with Crippen LogP contribution in [0.5, 0.6) is 0 Å². The van der Waals surface area contributed by atoms with Gasteiger partial charge in [0.05, 0.1) is 24.3 Å². The Hall–Kier alpha value is -2.41. The molecule has 6 nitrogen and oxygen atoms in total. The van der Waals surface area contributed by atoms with Crippen molar-refractivity contribution < 1.29 is 14.7 Å². The summed E-state index contributed by atoms with van der Waals surface area (Å²) in [5.41, 5.74) is 6.16. The second-order valence-electron chi connectivity index (χ2n) is 4.12. The largest absolute Gasteiger partial charge is 0.481 e. The molecule has 104 valence electrons. The molecule has 2 heterocycles. The van der Waals surface area contributed by atoms with Gasteiger partial charge in [-0.1, -0.05) is 6.07 Å². The van der Waals surface area contributed by atoms with Crippen molar-refractivity contribution in [1.29, 1.82) is 0 Å². The molecule has 1 amide bonds. The Morgan fingerprint density at radius 2 is 2.20 bits per heavy atom. The Bertz CT molecular complexity index is 596. The van der Waals surface area contributed by atoms with E-state index in [4.69, 9.17) is 10.8 Å². The highest BCUT2D eigenvalue weighted by Crippen LogP contribution is 2.22. The minimum atomic E-state index is -0.978. The molecule has 2 aromatic rings.